The number of nitrogens with one attached hydrogen (secondary N) is 1. The Hall–Kier alpha value is -2.24. The van der Waals surface area contributed by atoms with Crippen LogP contribution in [0.3, 0.4) is 0 Å². The van der Waals surface area contributed by atoms with Crippen molar-refractivity contribution in [1.82, 2.24) is 10.2 Å². The maximum absolute atomic E-state index is 11.9. The fourth-order valence-corrected chi connectivity index (χ4v) is 1.87. The summed E-state index contributed by atoms with van der Waals surface area (Å²) in [4.78, 5) is 25.0. The average molecular weight is 322 g/mol. The summed E-state index contributed by atoms with van der Waals surface area (Å²) < 4.78 is 10.4. The van der Waals surface area contributed by atoms with Gasteiger partial charge in [-0.1, -0.05) is 30.3 Å². The minimum Gasteiger partial charge on any atom is -0.445 e. The number of nitrogens with zero attached hydrogens (tertiary/aromatic N) is 1. The molecule has 0 aliphatic carbocycles. The van der Waals surface area contributed by atoms with Gasteiger partial charge in [0.05, 0.1) is 0 Å². The predicted molar refractivity (Wildman–Crippen MR) is 88.1 cm³/mol. The van der Waals surface area contributed by atoms with Crippen molar-refractivity contribution in [3.63, 3.8) is 0 Å². The lowest BCUT2D eigenvalue weighted by Crippen LogP contribution is -2.44. The SMILES string of the molecule is C[C@@H](CN(C)C(=O)OCc1ccccc1)NC(=O)OC(C)(C)C. The number of carbonyl (C=O) groups excluding carboxylic acids is 2. The van der Waals surface area contributed by atoms with Crippen LogP contribution in [-0.2, 0) is 16.1 Å². The smallest absolute Gasteiger partial charge is 0.409 e. The number of hydrogen-bond acceptors (Lipinski definition) is 4. The number of likely N-dealkylation sites (N-methyl/N-ethyl adjacent to an activating group) is 1. The highest BCUT2D eigenvalue weighted by atomic mass is 16.6. The van der Waals surface area contributed by atoms with E-state index in [9.17, 15) is 9.59 Å². The van der Waals surface area contributed by atoms with Gasteiger partial charge in [0, 0.05) is 19.6 Å². The summed E-state index contributed by atoms with van der Waals surface area (Å²) in [5.41, 5.74) is 0.374. The summed E-state index contributed by atoms with van der Waals surface area (Å²) in [6, 6.07) is 9.21. The molecule has 1 rings (SSSR count). The largest absolute Gasteiger partial charge is 0.445 e. The van der Waals surface area contributed by atoms with E-state index in [0.29, 0.717) is 6.54 Å². The van der Waals surface area contributed by atoms with Gasteiger partial charge >= 0.3 is 12.2 Å². The van der Waals surface area contributed by atoms with Gasteiger partial charge in [0.2, 0.25) is 0 Å². The average Bonchev–Trinajstić information content (AvgIpc) is 2.43. The van der Waals surface area contributed by atoms with Gasteiger partial charge in [-0.3, -0.25) is 0 Å². The number of hydrogen-bond donors (Lipinski definition) is 1. The Balaban J connectivity index is 2.35. The lowest BCUT2D eigenvalue weighted by atomic mass is 10.2. The Morgan fingerprint density at radius 2 is 1.83 bits per heavy atom. The number of rotatable bonds is 5. The predicted octanol–water partition coefficient (Wildman–Crippen LogP) is 3.17. The Kier molecular flexibility index (Phi) is 6.88. The lowest BCUT2D eigenvalue weighted by Gasteiger charge is -2.24. The molecule has 0 bridgehead atoms. The summed E-state index contributed by atoms with van der Waals surface area (Å²) in [7, 11) is 1.63. The van der Waals surface area contributed by atoms with Crippen molar-refractivity contribution < 1.29 is 19.1 Å². The van der Waals surface area contributed by atoms with Gasteiger partial charge < -0.3 is 19.7 Å². The third-order valence-corrected chi connectivity index (χ3v) is 2.83. The van der Waals surface area contributed by atoms with E-state index < -0.39 is 17.8 Å². The van der Waals surface area contributed by atoms with Crippen molar-refractivity contribution in [3.05, 3.63) is 35.9 Å². The molecule has 1 atom stereocenters. The minimum absolute atomic E-state index is 0.220. The van der Waals surface area contributed by atoms with Crippen LogP contribution < -0.4 is 5.32 Å². The van der Waals surface area contributed by atoms with Crippen molar-refractivity contribution in [3.8, 4) is 0 Å². The number of ether oxygens (including phenoxy) is 2. The van der Waals surface area contributed by atoms with E-state index in [-0.39, 0.29) is 12.6 Å². The zero-order valence-corrected chi connectivity index (χ0v) is 14.5. The molecule has 0 aliphatic heterocycles. The van der Waals surface area contributed by atoms with Crippen molar-refractivity contribution >= 4 is 12.2 Å². The summed E-state index contributed by atoms with van der Waals surface area (Å²) in [6.07, 6.45) is -0.942. The Morgan fingerprint density at radius 1 is 1.22 bits per heavy atom. The monoisotopic (exact) mass is 322 g/mol. The van der Waals surface area contributed by atoms with E-state index in [1.807, 2.05) is 30.3 Å². The molecule has 0 saturated carbocycles. The summed E-state index contributed by atoms with van der Waals surface area (Å²) in [6.45, 7) is 7.73. The first kappa shape index (κ1) is 18.8. The van der Waals surface area contributed by atoms with Crippen molar-refractivity contribution in [2.75, 3.05) is 13.6 Å². The second-order valence-electron chi connectivity index (χ2n) is 6.47. The Bertz CT molecular complexity index is 511. The molecule has 0 saturated heterocycles. The molecule has 0 aliphatic rings. The Labute approximate surface area is 137 Å². The van der Waals surface area contributed by atoms with Gasteiger partial charge in [-0.15, -0.1) is 0 Å². The second-order valence-corrected chi connectivity index (χ2v) is 6.47. The zero-order valence-electron chi connectivity index (χ0n) is 14.5. The van der Waals surface area contributed by atoms with Gasteiger partial charge in [0.1, 0.15) is 12.2 Å². The van der Waals surface area contributed by atoms with Crippen molar-refractivity contribution in [1.29, 1.82) is 0 Å². The van der Waals surface area contributed by atoms with Crippen LogP contribution in [0.4, 0.5) is 9.59 Å². The van der Waals surface area contributed by atoms with E-state index in [2.05, 4.69) is 5.32 Å². The molecule has 1 aromatic rings. The van der Waals surface area contributed by atoms with E-state index in [1.165, 1.54) is 4.90 Å². The molecule has 2 amide bonds. The maximum Gasteiger partial charge on any atom is 0.409 e. The van der Waals surface area contributed by atoms with Crippen LogP contribution in [0.2, 0.25) is 0 Å². The molecular weight excluding hydrogens is 296 g/mol. The molecule has 1 aromatic carbocycles. The van der Waals surface area contributed by atoms with E-state index in [1.54, 1.807) is 34.7 Å². The zero-order chi connectivity index (χ0) is 17.5. The molecule has 0 unspecified atom stereocenters. The van der Waals surface area contributed by atoms with Gasteiger partial charge in [0.25, 0.3) is 0 Å². The van der Waals surface area contributed by atoms with Crippen LogP contribution in [0.1, 0.15) is 33.3 Å². The van der Waals surface area contributed by atoms with E-state index in [4.69, 9.17) is 9.47 Å². The summed E-state index contributed by atoms with van der Waals surface area (Å²) >= 11 is 0. The quantitative estimate of drug-likeness (QED) is 0.904. The van der Waals surface area contributed by atoms with Crippen LogP contribution in [0.15, 0.2) is 30.3 Å². The molecule has 0 radical (unpaired) electrons. The van der Waals surface area contributed by atoms with Gasteiger partial charge in [-0.05, 0) is 33.3 Å². The third-order valence-electron chi connectivity index (χ3n) is 2.83. The minimum atomic E-state index is -0.551. The molecule has 6 heteroatoms. The first-order chi connectivity index (χ1) is 10.7. The highest BCUT2D eigenvalue weighted by Gasteiger charge is 2.19. The topological polar surface area (TPSA) is 67.9 Å². The van der Waals surface area contributed by atoms with Crippen LogP contribution in [0.25, 0.3) is 0 Å². The van der Waals surface area contributed by atoms with Gasteiger partial charge in [-0.25, -0.2) is 9.59 Å². The standard InChI is InChI=1S/C17H26N2O4/c1-13(18-15(20)23-17(2,3)4)11-19(5)16(21)22-12-14-9-7-6-8-10-14/h6-10,13H,11-12H2,1-5H3,(H,18,20)/t13-/m0/s1. The summed E-state index contributed by atoms with van der Waals surface area (Å²) in [5, 5.41) is 2.69. The van der Waals surface area contributed by atoms with Crippen LogP contribution in [0, 0.1) is 0 Å². The molecule has 6 nitrogen and oxygen atoms in total. The van der Waals surface area contributed by atoms with Crippen LogP contribution >= 0.6 is 0 Å². The molecule has 0 fully saturated rings. The maximum atomic E-state index is 11.9. The third kappa shape index (κ3) is 8.09. The fraction of sp³-hybridized carbons (Fsp3) is 0.529. The number of carbonyl (C=O) groups is 2. The lowest BCUT2D eigenvalue weighted by molar-refractivity contribution is 0.0492. The van der Waals surface area contributed by atoms with E-state index in [0.717, 1.165) is 5.56 Å². The first-order valence-corrected chi connectivity index (χ1v) is 7.58. The van der Waals surface area contributed by atoms with E-state index >= 15 is 0 Å². The molecule has 0 spiro atoms. The van der Waals surface area contributed by atoms with Gasteiger partial charge in [-0.2, -0.15) is 0 Å². The highest BCUT2D eigenvalue weighted by molar-refractivity contribution is 5.69. The number of amides is 2. The highest BCUT2D eigenvalue weighted by Crippen LogP contribution is 2.07. The molecule has 23 heavy (non-hydrogen) atoms. The van der Waals surface area contributed by atoms with Crippen LogP contribution in [0.5, 0.6) is 0 Å². The number of alkyl carbamates (subject to hydrolysis) is 1. The first-order valence-electron chi connectivity index (χ1n) is 7.58. The second kappa shape index (κ2) is 8.41. The number of benzene rings is 1. The summed E-state index contributed by atoms with van der Waals surface area (Å²) in [5.74, 6) is 0. The molecule has 128 valence electrons. The fourth-order valence-electron chi connectivity index (χ4n) is 1.87. The van der Waals surface area contributed by atoms with Crippen molar-refractivity contribution in [2.45, 2.75) is 45.9 Å². The Morgan fingerprint density at radius 3 is 2.39 bits per heavy atom. The van der Waals surface area contributed by atoms with Gasteiger partial charge in [0.15, 0.2) is 0 Å². The van der Waals surface area contributed by atoms with Crippen LogP contribution in [-0.4, -0.2) is 42.3 Å². The van der Waals surface area contributed by atoms with Crippen molar-refractivity contribution in [2.24, 2.45) is 0 Å². The normalized spacial score (nSPS) is 12.2. The molecular formula is C17H26N2O4. The molecule has 0 heterocycles. The molecule has 1 N–H and O–H groups in total. The molecule has 0 aromatic heterocycles.